The summed E-state index contributed by atoms with van der Waals surface area (Å²) in [4.78, 5) is 2.42. The predicted molar refractivity (Wildman–Crippen MR) is 50.9 cm³/mol. The first kappa shape index (κ1) is 10.3. The summed E-state index contributed by atoms with van der Waals surface area (Å²) >= 11 is 3.53. The Hall–Kier alpha value is 0.310. The molecule has 0 aliphatic carbocycles. The van der Waals surface area contributed by atoms with E-state index in [1.165, 1.54) is 38.8 Å². The van der Waals surface area contributed by atoms with Gasteiger partial charge in [0.2, 0.25) is 0 Å². The van der Waals surface area contributed by atoms with Gasteiger partial charge >= 0.3 is 0 Å². The van der Waals surface area contributed by atoms with Crippen molar-refractivity contribution in [1.82, 2.24) is 4.90 Å². The Labute approximate surface area is 70.2 Å². The van der Waals surface area contributed by atoms with E-state index in [2.05, 4.69) is 24.6 Å². The smallest absolute Gasteiger partial charge is 0.00218 e. The molecule has 0 N–H and O–H groups in total. The lowest BCUT2D eigenvalue weighted by molar-refractivity contribution is 0.349. The number of rotatable bonds is 0. The Kier molecular flexibility index (Phi) is 7.65. The van der Waals surface area contributed by atoms with Crippen LogP contribution >= 0.6 is 12.6 Å². The quantitative estimate of drug-likeness (QED) is 0.532. The number of hydrogen-bond acceptors (Lipinski definition) is 2. The van der Waals surface area contributed by atoms with Crippen molar-refractivity contribution in [3.63, 3.8) is 0 Å². The number of likely N-dealkylation sites (tertiary alicyclic amines) is 1. The zero-order valence-electron chi connectivity index (χ0n) is 7.14. The van der Waals surface area contributed by atoms with Crippen LogP contribution in [0.1, 0.15) is 25.7 Å². The SMILES string of the molecule is CN1CCCCCC1.CS. The molecule has 62 valence electrons. The number of nitrogens with zero attached hydrogens (tertiary/aromatic N) is 1. The van der Waals surface area contributed by atoms with Crippen molar-refractivity contribution in [1.29, 1.82) is 0 Å². The third-order valence-electron chi connectivity index (χ3n) is 1.83. The topological polar surface area (TPSA) is 3.24 Å². The molecule has 1 saturated heterocycles. The lowest BCUT2D eigenvalue weighted by Crippen LogP contribution is -2.18. The van der Waals surface area contributed by atoms with E-state index >= 15 is 0 Å². The fourth-order valence-electron chi connectivity index (χ4n) is 1.23. The molecular weight excluding hydrogens is 142 g/mol. The molecule has 0 atom stereocenters. The third kappa shape index (κ3) is 5.12. The second kappa shape index (κ2) is 7.42. The highest BCUT2D eigenvalue weighted by Crippen LogP contribution is 2.06. The van der Waals surface area contributed by atoms with E-state index in [9.17, 15) is 0 Å². The number of hydrogen-bond donors (Lipinski definition) is 1. The molecule has 1 aliphatic heterocycles. The van der Waals surface area contributed by atoms with Gasteiger partial charge in [-0.05, 0) is 39.2 Å². The summed E-state index contributed by atoms with van der Waals surface area (Å²) in [7, 11) is 2.21. The van der Waals surface area contributed by atoms with E-state index in [-0.39, 0.29) is 0 Å². The minimum Gasteiger partial charge on any atom is -0.306 e. The van der Waals surface area contributed by atoms with Gasteiger partial charge in [-0.25, -0.2) is 0 Å². The molecule has 1 aliphatic rings. The van der Waals surface area contributed by atoms with Crippen LogP contribution in [0.25, 0.3) is 0 Å². The van der Waals surface area contributed by atoms with Gasteiger partial charge in [0, 0.05) is 0 Å². The summed E-state index contributed by atoms with van der Waals surface area (Å²) in [6, 6.07) is 0. The van der Waals surface area contributed by atoms with Gasteiger partial charge in [0.25, 0.3) is 0 Å². The molecule has 0 aromatic carbocycles. The van der Waals surface area contributed by atoms with Crippen LogP contribution in [0.15, 0.2) is 0 Å². The first-order valence-corrected chi connectivity index (χ1v) is 4.92. The molecule has 10 heavy (non-hydrogen) atoms. The van der Waals surface area contributed by atoms with E-state index in [4.69, 9.17) is 0 Å². The van der Waals surface area contributed by atoms with E-state index in [1.54, 1.807) is 6.26 Å². The molecule has 2 heteroatoms. The van der Waals surface area contributed by atoms with Crippen molar-refractivity contribution in [3.05, 3.63) is 0 Å². The Balaban J connectivity index is 0.000000371. The summed E-state index contributed by atoms with van der Waals surface area (Å²) < 4.78 is 0. The Morgan fingerprint density at radius 2 is 1.30 bits per heavy atom. The Morgan fingerprint density at radius 1 is 0.900 bits per heavy atom. The molecule has 0 aromatic rings. The first-order chi connectivity index (χ1) is 4.89. The minimum absolute atomic E-state index is 1.32. The maximum Gasteiger partial charge on any atom is -0.00218 e. The summed E-state index contributed by atoms with van der Waals surface area (Å²) in [5.41, 5.74) is 0. The third-order valence-corrected chi connectivity index (χ3v) is 1.83. The van der Waals surface area contributed by atoms with E-state index in [1.807, 2.05) is 0 Å². The summed E-state index contributed by atoms with van der Waals surface area (Å²) in [6.07, 6.45) is 7.42. The highest BCUT2D eigenvalue weighted by molar-refractivity contribution is 7.79. The molecular formula is C8H19NS. The van der Waals surface area contributed by atoms with E-state index in [0.717, 1.165) is 0 Å². The zero-order chi connectivity index (χ0) is 7.82. The molecule has 0 radical (unpaired) electrons. The van der Waals surface area contributed by atoms with Crippen molar-refractivity contribution >= 4 is 12.6 Å². The number of thiol groups is 1. The van der Waals surface area contributed by atoms with Crippen LogP contribution in [0.3, 0.4) is 0 Å². The predicted octanol–water partition coefficient (Wildman–Crippen LogP) is 2.04. The molecule has 0 unspecified atom stereocenters. The lowest BCUT2D eigenvalue weighted by atomic mass is 10.2. The van der Waals surface area contributed by atoms with Crippen molar-refractivity contribution in [2.75, 3.05) is 26.4 Å². The Bertz CT molecular complexity index is 58.3. The fourth-order valence-corrected chi connectivity index (χ4v) is 1.23. The highest BCUT2D eigenvalue weighted by atomic mass is 32.1. The molecule has 1 fully saturated rings. The Morgan fingerprint density at radius 3 is 1.70 bits per heavy atom. The van der Waals surface area contributed by atoms with Gasteiger partial charge in [-0.15, -0.1) is 0 Å². The monoisotopic (exact) mass is 161 g/mol. The second-order valence-electron chi connectivity index (χ2n) is 2.72. The van der Waals surface area contributed by atoms with Gasteiger partial charge in [-0.2, -0.15) is 12.6 Å². The molecule has 0 saturated carbocycles. The molecule has 1 rings (SSSR count). The minimum atomic E-state index is 1.32. The molecule has 0 aromatic heterocycles. The molecule has 0 bridgehead atoms. The molecule has 1 heterocycles. The van der Waals surface area contributed by atoms with Crippen molar-refractivity contribution < 1.29 is 0 Å². The second-order valence-corrected chi connectivity index (χ2v) is 2.72. The van der Waals surface area contributed by atoms with Gasteiger partial charge in [0.05, 0.1) is 0 Å². The largest absolute Gasteiger partial charge is 0.306 e. The maximum absolute atomic E-state index is 3.53. The van der Waals surface area contributed by atoms with Crippen molar-refractivity contribution in [2.24, 2.45) is 0 Å². The summed E-state index contributed by atoms with van der Waals surface area (Å²) in [6.45, 7) is 2.64. The maximum atomic E-state index is 3.53. The summed E-state index contributed by atoms with van der Waals surface area (Å²) in [5.74, 6) is 0. The normalized spacial score (nSPS) is 20.7. The molecule has 0 spiro atoms. The average molecular weight is 161 g/mol. The highest BCUT2D eigenvalue weighted by Gasteiger charge is 2.01. The van der Waals surface area contributed by atoms with E-state index < -0.39 is 0 Å². The van der Waals surface area contributed by atoms with Crippen LogP contribution in [-0.4, -0.2) is 31.3 Å². The van der Waals surface area contributed by atoms with Gasteiger partial charge in [0.15, 0.2) is 0 Å². The van der Waals surface area contributed by atoms with Crippen molar-refractivity contribution in [3.8, 4) is 0 Å². The van der Waals surface area contributed by atoms with Crippen LogP contribution < -0.4 is 0 Å². The average Bonchev–Trinajstić information content (AvgIpc) is 2.21. The molecule has 0 amide bonds. The standard InChI is InChI=1S/C7H15N.CH4S/c1-8-6-4-2-3-5-7-8;1-2/h2-7H2,1H3;2H,1H3. The van der Waals surface area contributed by atoms with Crippen LogP contribution in [0.5, 0.6) is 0 Å². The van der Waals surface area contributed by atoms with Crippen LogP contribution in [0.4, 0.5) is 0 Å². The van der Waals surface area contributed by atoms with Gasteiger partial charge in [0.1, 0.15) is 0 Å². The summed E-state index contributed by atoms with van der Waals surface area (Å²) in [5, 5.41) is 0. The fraction of sp³-hybridized carbons (Fsp3) is 1.00. The molecule has 1 nitrogen and oxygen atoms in total. The van der Waals surface area contributed by atoms with Crippen LogP contribution in [-0.2, 0) is 0 Å². The van der Waals surface area contributed by atoms with Crippen LogP contribution in [0, 0.1) is 0 Å². The first-order valence-electron chi connectivity index (χ1n) is 4.03. The van der Waals surface area contributed by atoms with Crippen molar-refractivity contribution in [2.45, 2.75) is 25.7 Å². The van der Waals surface area contributed by atoms with E-state index in [0.29, 0.717) is 0 Å². The van der Waals surface area contributed by atoms with Gasteiger partial charge in [-0.1, -0.05) is 12.8 Å². The lowest BCUT2D eigenvalue weighted by Gasteiger charge is -2.10. The van der Waals surface area contributed by atoms with Gasteiger partial charge < -0.3 is 4.90 Å². The van der Waals surface area contributed by atoms with Gasteiger partial charge in [-0.3, -0.25) is 0 Å². The zero-order valence-corrected chi connectivity index (χ0v) is 8.03. The van der Waals surface area contributed by atoms with Crippen LogP contribution in [0.2, 0.25) is 0 Å².